The Morgan fingerprint density at radius 3 is 2.06 bits per heavy atom. The second kappa shape index (κ2) is 10.7. The highest BCUT2D eigenvalue weighted by atomic mass is 17.0. The second-order valence-corrected chi connectivity index (χ2v) is 3.46. The molecule has 0 aromatic heterocycles. The number of rotatable bonds is 9. The fourth-order valence-corrected chi connectivity index (χ4v) is 0.953. The summed E-state index contributed by atoms with van der Waals surface area (Å²) in [5, 5.41) is 13.4. The van der Waals surface area contributed by atoms with Crippen molar-refractivity contribution in [2.45, 2.75) is 39.5 Å². The van der Waals surface area contributed by atoms with E-state index in [4.69, 9.17) is 14.4 Å². The third kappa shape index (κ3) is 7.80. The van der Waals surface area contributed by atoms with Crippen molar-refractivity contribution >= 4 is 6.02 Å². The summed E-state index contributed by atoms with van der Waals surface area (Å²) >= 11 is 0. The van der Waals surface area contributed by atoms with Crippen LogP contribution < -0.4 is 0 Å². The normalized spacial score (nSPS) is 11.4. The molecule has 0 bridgehead atoms. The topological polar surface area (TPSA) is 86.4 Å². The fraction of sp³-hybridized carbons (Fsp3) is 0.900. The summed E-state index contributed by atoms with van der Waals surface area (Å²) < 4.78 is 4.77. The highest BCUT2D eigenvalue weighted by Crippen LogP contribution is 2.02. The molecule has 0 spiro atoms. The van der Waals surface area contributed by atoms with Crippen molar-refractivity contribution in [3.05, 3.63) is 10.1 Å². The van der Waals surface area contributed by atoms with E-state index in [-0.39, 0.29) is 6.02 Å². The molecule has 18 heavy (non-hydrogen) atoms. The molecule has 0 rings (SSSR count). The first-order valence-electron chi connectivity index (χ1n) is 5.98. The first-order valence-corrected chi connectivity index (χ1v) is 5.98. The lowest BCUT2D eigenvalue weighted by atomic mass is 10.4. The van der Waals surface area contributed by atoms with E-state index in [0.717, 1.165) is 30.9 Å². The zero-order valence-corrected chi connectivity index (χ0v) is 11.1. The molecule has 0 aliphatic heterocycles. The van der Waals surface area contributed by atoms with Crippen LogP contribution in [0.2, 0.25) is 0 Å². The van der Waals surface area contributed by atoms with Gasteiger partial charge in [-0.1, -0.05) is 31.9 Å². The number of hydrogen-bond acceptors (Lipinski definition) is 5. The molecule has 0 heterocycles. The van der Waals surface area contributed by atoms with E-state index in [1.54, 1.807) is 0 Å². The van der Waals surface area contributed by atoms with Crippen molar-refractivity contribution in [1.29, 1.82) is 0 Å². The molecule has 0 aromatic rings. The zero-order valence-electron chi connectivity index (χ0n) is 11.1. The van der Waals surface area contributed by atoms with Crippen LogP contribution in [0.5, 0.6) is 0 Å². The van der Waals surface area contributed by atoms with E-state index < -0.39 is 5.03 Å². The van der Waals surface area contributed by atoms with Crippen LogP contribution in [0.4, 0.5) is 0 Å². The molecule has 0 unspecified atom stereocenters. The largest absolute Gasteiger partial charge is 0.461 e. The minimum absolute atomic E-state index is 0.327. The van der Waals surface area contributed by atoms with Crippen molar-refractivity contribution in [1.82, 2.24) is 5.23 Å². The summed E-state index contributed by atoms with van der Waals surface area (Å²) in [5.41, 5.74) is 0. The Morgan fingerprint density at radius 2 is 1.72 bits per heavy atom. The zero-order chi connectivity index (χ0) is 13.8. The third-order valence-electron chi connectivity index (χ3n) is 1.92. The Labute approximate surface area is 107 Å². The second-order valence-electron chi connectivity index (χ2n) is 3.46. The van der Waals surface area contributed by atoms with E-state index in [9.17, 15) is 10.1 Å². The number of methoxy groups -OCH3 is 1. The molecule has 0 fully saturated rings. The Bertz CT molecular complexity index is 250. The SMILES string of the molecule is CCCCON(OCCCC)C(=N[N+](=O)[O-])OC. The molecule has 0 saturated carbocycles. The summed E-state index contributed by atoms with van der Waals surface area (Å²) in [6, 6.07) is -0.327. The van der Waals surface area contributed by atoms with Gasteiger partial charge in [0.25, 0.3) is 0 Å². The summed E-state index contributed by atoms with van der Waals surface area (Å²) in [7, 11) is 1.27. The Kier molecular flexibility index (Phi) is 9.89. The number of amidine groups is 1. The fourth-order valence-electron chi connectivity index (χ4n) is 0.953. The van der Waals surface area contributed by atoms with Crippen molar-refractivity contribution in [3.63, 3.8) is 0 Å². The van der Waals surface area contributed by atoms with Gasteiger partial charge in [-0.25, -0.2) is 19.8 Å². The van der Waals surface area contributed by atoms with Gasteiger partial charge in [-0.15, -0.1) is 0 Å². The summed E-state index contributed by atoms with van der Waals surface area (Å²) in [6.07, 6.45) is 3.50. The first kappa shape index (κ1) is 16.6. The highest BCUT2D eigenvalue weighted by Gasteiger charge is 2.18. The molecule has 8 heteroatoms. The van der Waals surface area contributed by atoms with Crippen LogP contribution >= 0.6 is 0 Å². The highest BCUT2D eigenvalue weighted by molar-refractivity contribution is 5.70. The molecular weight excluding hydrogens is 242 g/mol. The standard InChI is InChI=1S/C10H21N3O5/c1-4-6-8-17-12(18-9-7-5-2)10(16-3)11-13(14)15/h4-9H2,1-3H3. The Hall–Kier alpha value is -1.41. The van der Waals surface area contributed by atoms with Gasteiger partial charge in [-0.05, 0) is 12.8 Å². The van der Waals surface area contributed by atoms with Gasteiger partial charge in [0.05, 0.1) is 20.3 Å². The quantitative estimate of drug-likeness (QED) is 0.208. The molecule has 0 aromatic carbocycles. The molecule has 0 aliphatic carbocycles. The monoisotopic (exact) mass is 263 g/mol. The first-order chi connectivity index (χ1) is 8.65. The smallest absolute Gasteiger partial charge is 0.411 e. The van der Waals surface area contributed by atoms with Crippen LogP contribution in [-0.4, -0.2) is 36.6 Å². The van der Waals surface area contributed by atoms with E-state index in [2.05, 4.69) is 5.10 Å². The number of ether oxygens (including phenoxy) is 1. The van der Waals surface area contributed by atoms with Crippen LogP contribution in [0.1, 0.15) is 39.5 Å². The number of hydrazone groups is 1. The number of hydroxylamine groups is 2. The van der Waals surface area contributed by atoms with Gasteiger partial charge in [-0.3, -0.25) is 0 Å². The molecule has 0 aliphatic rings. The summed E-state index contributed by atoms with van der Waals surface area (Å²) in [5.74, 6) is 0. The van der Waals surface area contributed by atoms with Crippen molar-refractivity contribution in [2.75, 3.05) is 20.3 Å². The van der Waals surface area contributed by atoms with Gasteiger partial charge in [0.15, 0.2) is 5.03 Å². The molecule has 8 nitrogen and oxygen atoms in total. The van der Waals surface area contributed by atoms with Crippen LogP contribution in [0.25, 0.3) is 0 Å². The number of nitro groups is 1. The lowest BCUT2D eigenvalue weighted by molar-refractivity contribution is -0.490. The maximum Gasteiger partial charge on any atom is 0.411 e. The average molecular weight is 263 g/mol. The van der Waals surface area contributed by atoms with Gasteiger partial charge in [0.1, 0.15) is 5.10 Å². The molecule has 106 valence electrons. The average Bonchev–Trinajstić information content (AvgIpc) is 2.34. The van der Waals surface area contributed by atoms with Gasteiger partial charge >= 0.3 is 6.02 Å². The van der Waals surface area contributed by atoms with Gasteiger partial charge in [-0.2, -0.15) is 0 Å². The van der Waals surface area contributed by atoms with Gasteiger partial charge in [0.2, 0.25) is 0 Å². The number of hydrogen-bond donors (Lipinski definition) is 0. The molecule has 0 amide bonds. The minimum atomic E-state index is -0.863. The van der Waals surface area contributed by atoms with Gasteiger partial charge in [0, 0.05) is 0 Å². The number of nitrogens with zero attached hydrogens (tertiary/aromatic N) is 3. The molecule has 0 atom stereocenters. The Balaban J connectivity index is 4.44. The predicted octanol–water partition coefficient (Wildman–Crippen LogP) is 1.95. The van der Waals surface area contributed by atoms with E-state index in [0.29, 0.717) is 13.2 Å². The predicted molar refractivity (Wildman–Crippen MR) is 65.0 cm³/mol. The van der Waals surface area contributed by atoms with E-state index >= 15 is 0 Å². The number of unbranched alkanes of at least 4 members (excludes halogenated alkanes) is 2. The van der Waals surface area contributed by atoms with E-state index in [1.165, 1.54) is 7.11 Å². The molecular formula is C10H21N3O5. The lowest BCUT2D eigenvalue weighted by Gasteiger charge is -2.20. The maximum absolute atomic E-state index is 10.3. The van der Waals surface area contributed by atoms with Crippen molar-refractivity contribution < 1.29 is 19.4 Å². The molecule has 0 N–H and O–H groups in total. The van der Waals surface area contributed by atoms with Gasteiger partial charge < -0.3 is 4.74 Å². The maximum atomic E-state index is 10.3. The molecule has 0 radical (unpaired) electrons. The molecule has 0 saturated heterocycles. The minimum Gasteiger partial charge on any atom is -0.461 e. The van der Waals surface area contributed by atoms with Crippen molar-refractivity contribution in [2.24, 2.45) is 5.10 Å². The van der Waals surface area contributed by atoms with E-state index in [1.807, 2.05) is 13.8 Å². The van der Waals surface area contributed by atoms with Crippen molar-refractivity contribution in [3.8, 4) is 0 Å². The van der Waals surface area contributed by atoms with Crippen LogP contribution in [0.15, 0.2) is 5.10 Å². The Morgan fingerprint density at radius 1 is 1.22 bits per heavy atom. The van der Waals surface area contributed by atoms with Crippen LogP contribution in [-0.2, 0) is 14.4 Å². The summed E-state index contributed by atoms with van der Waals surface area (Å²) in [4.78, 5) is 20.8. The summed E-state index contributed by atoms with van der Waals surface area (Å²) in [6.45, 7) is 4.77. The van der Waals surface area contributed by atoms with Crippen LogP contribution in [0.3, 0.4) is 0 Å². The lowest BCUT2D eigenvalue weighted by Crippen LogP contribution is -2.34. The third-order valence-corrected chi connectivity index (χ3v) is 1.92. The van der Waals surface area contributed by atoms with Crippen LogP contribution in [0, 0.1) is 10.1 Å².